The Kier molecular flexibility index (Phi) is 6.79. The molecule has 2 saturated heterocycles. The van der Waals surface area contributed by atoms with Crippen molar-refractivity contribution in [2.45, 2.75) is 63.3 Å². The minimum Gasteiger partial charge on any atom is -0.389 e. The maximum atomic E-state index is 13.8. The minimum absolute atomic E-state index is 0.0329. The Morgan fingerprint density at radius 3 is 2.42 bits per heavy atom. The van der Waals surface area contributed by atoms with E-state index in [1.807, 2.05) is 24.0 Å². The van der Waals surface area contributed by atoms with Gasteiger partial charge in [0.2, 0.25) is 0 Å². The van der Waals surface area contributed by atoms with Crippen molar-refractivity contribution in [1.29, 1.82) is 0 Å². The van der Waals surface area contributed by atoms with Crippen LogP contribution in [-0.4, -0.2) is 84.0 Å². The number of ether oxygens (including phenoxy) is 2. The summed E-state index contributed by atoms with van der Waals surface area (Å²) in [5.74, 6) is 0. The smallest absolute Gasteiger partial charge is 0.329 e. The Morgan fingerprint density at radius 1 is 1.02 bits per heavy atom. The second kappa shape index (κ2) is 10.7. The van der Waals surface area contributed by atoms with Gasteiger partial charge in [-0.05, 0) is 50.7 Å². The Bertz CT molecular complexity index is 1930. The summed E-state index contributed by atoms with van der Waals surface area (Å²) >= 11 is 0. The molecule has 0 atom stereocenters. The van der Waals surface area contributed by atoms with E-state index in [0.717, 1.165) is 96.4 Å². The summed E-state index contributed by atoms with van der Waals surface area (Å²) in [6, 6.07) is 9.06. The number of H-pyrrole nitrogens is 1. The monoisotopic (exact) mass is 611 g/mol. The molecule has 8 rings (SSSR count). The quantitative estimate of drug-likeness (QED) is 0.284. The lowest BCUT2D eigenvalue weighted by atomic mass is 9.95. The molecule has 1 aliphatic carbocycles. The third-order valence-corrected chi connectivity index (χ3v) is 9.95. The molecule has 2 N–H and O–H groups in total. The van der Waals surface area contributed by atoms with Gasteiger partial charge in [0.25, 0.3) is 0 Å². The van der Waals surface area contributed by atoms with Gasteiger partial charge in [-0.3, -0.25) is 18.7 Å². The molecular weight excluding hydrogens is 570 g/mol. The molecule has 11 nitrogen and oxygen atoms in total. The van der Waals surface area contributed by atoms with Crippen LogP contribution in [0.3, 0.4) is 0 Å². The average molecular weight is 612 g/mol. The zero-order chi connectivity index (χ0) is 30.9. The number of pyridine rings is 1. The van der Waals surface area contributed by atoms with Crippen LogP contribution in [0.25, 0.3) is 44.5 Å². The second-order valence-corrected chi connectivity index (χ2v) is 13.6. The van der Waals surface area contributed by atoms with Crippen molar-refractivity contribution in [1.82, 2.24) is 33.8 Å². The van der Waals surface area contributed by atoms with E-state index in [2.05, 4.69) is 39.2 Å². The molecule has 6 heterocycles. The number of aromatic nitrogens is 6. The average Bonchev–Trinajstić information content (AvgIpc) is 3.47. The number of nitrogens with one attached hydrogen (secondary N) is 1. The fourth-order valence-electron chi connectivity index (χ4n) is 7.59. The molecule has 0 radical (unpaired) electrons. The van der Waals surface area contributed by atoms with Crippen LogP contribution in [0.5, 0.6) is 0 Å². The summed E-state index contributed by atoms with van der Waals surface area (Å²) in [4.78, 5) is 24.9. The number of hydrogen-bond donors (Lipinski definition) is 2. The van der Waals surface area contributed by atoms with Crippen LogP contribution in [0.4, 0.5) is 0 Å². The van der Waals surface area contributed by atoms with Crippen LogP contribution in [0, 0.1) is 0 Å². The van der Waals surface area contributed by atoms with Crippen LogP contribution in [0.15, 0.2) is 47.7 Å². The number of benzene rings is 1. The van der Waals surface area contributed by atoms with Crippen molar-refractivity contribution < 1.29 is 14.6 Å². The van der Waals surface area contributed by atoms with Crippen molar-refractivity contribution in [3.63, 3.8) is 0 Å². The summed E-state index contributed by atoms with van der Waals surface area (Å²) in [5.41, 5.74) is 6.78. The molecule has 0 amide bonds. The van der Waals surface area contributed by atoms with E-state index in [1.54, 1.807) is 29.3 Å². The summed E-state index contributed by atoms with van der Waals surface area (Å²) in [7, 11) is 1.83. The van der Waals surface area contributed by atoms with E-state index in [1.165, 1.54) is 5.56 Å². The van der Waals surface area contributed by atoms with Crippen molar-refractivity contribution >= 4 is 22.1 Å². The zero-order valence-corrected chi connectivity index (χ0v) is 26.3. The van der Waals surface area contributed by atoms with Gasteiger partial charge in [0.15, 0.2) is 0 Å². The van der Waals surface area contributed by atoms with Crippen LogP contribution < -0.4 is 5.69 Å². The van der Waals surface area contributed by atoms with Gasteiger partial charge in [0.1, 0.15) is 5.65 Å². The van der Waals surface area contributed by atoms with Gasteiger partial charge < -0.3 is 19.6 Å². The molecule has 45 heavy (non-hydrogen) atoms. The number of rotatable bonds is 7. The lowest BCUT2D eigenvalue weighted by Gasteiger charge is -2.35. The van der Waals surface area contributed by atoms with E-state index >= 15 is 0 Å². The Hall–Kier alpha value is -3.77. The molecule has 3 aliphatic rings. The molecule has 11 heteroatoms. The number of morpholine rings is 1. The van der Waals surface area contributed by atoms with Gasteiger partial charge in [0, 0.05) is 62.3 Å². The first-order valence-electron chi connectivity index (χ1n) is 16.1. The van der Waals surface area contributed by atoms with E-state index < -0.39 is 5.60 Å². The summed E-state index contributed by atoms with van der Waals surface area (Å²) < 4.78 is 16.8. The summed E-state index contributed by atoms with van der Waals surface area (Å²) in [5, 5.41) is 16.0. The second-order valence-electron chi connectivity index (χ2n) is 13.6. The first kappa shape index (κ1) is 28.7. The van der Waals surface area contributed by atoms with Crippen LogP contribution in [0.1, 0.15) is 51.1 Å². The molecule has 1 aromatic carbocycles. The molecule has 0 unspecified atom stereocenters. The molecule has 1 saturated carbocycles. The van der Waals surface area contributed by atoms with Crippen LogP contribution in [-0.2, 0) is 28.6 Å². The van der Waals surface area contributed by atoms with Gasteiger partial charge >= 0.3 is 5.69 Å². The third kappa shape index (κ3) is 4.84. The predicted octanol–water partition coefficient (Wildman–Crippen LogP) is 4.19. The Balaban J connectivity index is 1.33. The number of hydrogen-bond acceptors (Lipinski definition) is 7. The first-order chi connectivity index (χ1) is 21.7. The Morgan fingerprint density at radius 2 is 1.73 bits per heavy atom. The van der Waals surface area contributed by atoms with Gasteiger partial charge in [-0.25, -0.2) is 9.78 Å². The number of nitrogens with zero attached hydrogens (tertiary/aromatic N) is 6. The van der Waals surface area contributed by atoms with Crippen LogP contribution in [0.2, 0.25) is 0 Å². The third-order valence-electron chi connectivity index (χ3n) is 9.95. The molecule has 236 valence electrons. The van der Waals surface area contributed by atoms with E-state index in [9.17, 15) is 9.90 Å². The highest BCUT2D eigenvalue weighted by Crippen LogP contribution is 2.52. The lowest BCUT2D eigenvalue weighted by Crippen LogP contribution is -2.43. The Labute approximate surface area is 261 Å². The van der Waals surface area contributed by atoms with Crippen molar-refractivity contribution in [2.75, 3.05) is 39.5 Å². The van der Waals surface area contributed by atoms with Gasteiger partial charge in [-0.2, -0.15) is 5.10 Å². The van der Waals surface area contributed by atoms with E-state index in [-0.39, 0.29) is 17.3 Å². The summed E-state index contributed by atoms with van der Waals surface area (Å²) in [6.45, 7) is 8.70. The molecule has 4 aromatic heterocycles. The zero-order valence-electron chi connectivity index (χ0n) is 26.3. The molecule has 3 fully saturated rings. The highest BCUT2D eigenvalue weighted by Gasteiger charge is 2.49. The van der Waals surface area contributed by atoms with E-state index in [4.69, 9.17) is 14.5 Å². The highest BCUT2D eigenvalue weighted by atomic mass is 16.5. The highest BCUT2D eigenvalue weighted by molar-refractivity contribution is 6.14. The van der Waals surface area contributed by atoms with E-state index in [0.29, 0.717) is 19.8 Å². The fourth-order valence-corrected chi connectivity index (χ4v) is 7.59. The number of imidazole rings is 1. The number of aliphatic hydroxyl groups is 1. The first-order valence-corrected chi connectivity index (χ1v) is 16.1. The maximum Gasteiger partial charge on any atom is 0.329 e. The SMILES string of the molecule is Cn1c(=O)n(C2CCOCC2)c2c3c(-c4ccc(C5(N6CCOCC6)CC5)cc4)c(-c4cnn(CC(C)(C)O)c4)[nH]c3ncc21. The summed E-state index contributed by atoms with van der Waals surface area (Å²) in [6.07, 6.45) is 9.51. The van der Waals surface area contributed by atoms with Crippen molar-refractivity contribution in [3.05, 3.63) is 58.9 Å². The molecular formula is C34H41N7O4. The number of fused-ring (bicyclic) bond motifs is 3. The molecule has 5 aromatic rings. The minimum atomic E-state index is -0.904. The maximum absolute atomic E-state index is 13.8. The molecule has 0 bridgehead atoms. The van der Waals surface area contributed by atoms with Gasteiger partial charge in [0.05, 0.1) is 59.9 Å². The standard InChI is InChI=1S/C34H41N7O4/c1-33(2,43)21-40-20-23(18-36-40)29-27(22-4-6-24(7-5-22)34(10-11-34)39-12-16-45-17-13-39)28-30-26(19-35-31(28)37-29)38(3)32(42)41(30)25-8-14-44-15-9-25/h4-7,18-20,25,43H,8-17,21H2,1-3H3,(H,35,37). The van der Waals surface area contributed by atoms with Gasteiger partial charge in [-0.1, -0.05) is 24.3 Å². The fraction of sp³-hybridized carbons (Fsp3) is 0.500. The number of aromatic amines is 1. The normalized spacial score (nSPS) is 19.6. The van der Waals surface area contributed by atoms with Crippen LogP contribution >= 0.6 is 0 Å². The topological polar surface area (TPSA) is 115 Å². The van der Waals surface area contributed by atoms with Gasteiger partial charge in [-0.15, -0.1) is 0 Å². The molecule has 0 spiro atoms. The predicted molar refractivity (Wildman–Crippen MR) is 172 cm³/mol. The number of aryl methyl sites for hydroxylation is 1. The largest absolute Gasteiger partial charge is 0.389 e. The van der Waals surface area contributed by atoms with Crippen molar-refractivity contribution in [3.8, 4) is 22.4 Å². The lowest BCUT2D eigenvalue weighted by molar-refractivity contribution is 0.00835. The molecule has 2 aliphatic heterocycles. The van der Waals surface area contributed by atoms with Crippen molar-refractivity contribution in [2.24, 2.45) is 7.05 Å².